The van der Waals surface area contributed by atoms with Crippen LogP contribution in [0.25, 0.3) is 0 Å². The van der Waals surface area contributed by atoms with Crippen LogP contribution in [0.2, 0.25) is 0 Å². The third kappa shape index (κ3) is 2.96. The number of halogens is 2. The summed E-state index contributed by atoms with van der Waals surface area (Å²) in [6.45, 7) is 3.50. The lowest BCUT2D eigenvalue weighted by molar-refractivity contribution is -0.145. The zero-order valence-electron chi connectivity index (χ0n) is 15.4. The van der Waals surface area contributed by atoms with Crippen LogP contribution in [0.1, 0.15) is 19.4 Å². The van der Waals surface area contributed by atoms with E-state index in [1.165, 1.54) is 6.08 Å². The summed E-state index contributed by atoms with van der Waals surface area (Å²) < 4.78 is 5.73. The fraction of sp³-hybridized carbons (Fsp3) is 0.273. The predicted octanol–water partition coefficient (Wildman–Crippen LogP) is 5.96. The van der Waals surface area contributed by atoms with Crippen LogP contribution in [0.15, 0.2) is 65.2 Å². The highest BCUT2D eigenvalue weighted by atomic mass is 35.5. The number of hydrogen-bond donors (Lipinski definition) is 1. The first kappa shape index (κ1) is 20.3. The molecule has 1 aliphatic carbocycles. The van der Waals surface area contributed by atoms with Gasteiger partial charge in [0.05, 0.1) is 6.07 Å². The Kier molecular flexibility index (Phi) is 5.18. The van der Waals surface area contributed by atoms with E-state index in [9.17, 15) is 15.2 Å². The van der Waals surface area contributed by atoms with Crippen LogP contribution in [0.4, 0.5) is 0 Å². The molecule has 0 heterocycles. The van der Waals surface area contributed by atoms with Crippen molar-refractivity contribution in [2.45, 2.75) is 20.3 Å². The number of carbonyl (C=O) groups is 1. The second-order valence-corrected chi connectivity index (χ2v) is 8.44. The molecule has 0 aliphatic heterocycles. The van der Waals surface area contributed by atoms with E-state index in [0.29, 0.717) is 11.5 Å². The first-order valence-corrected chi connectivity index (χ1v) is 9.46. The molecular weight excluding hydrogens is 397 g/mol. The largest absolute Gasteiger partial charge is 0.481 e. The monoisotopic (exact) mass is 415 g/mol. The number of allylic oxidation sites excluding steroid dienone is 1. The Morgan fingerprint density at radius 1 is 1.14 bits per heavy atom. The van der Waals surface area contributed by atoms with Crippen molar-refractivity contribution in [1.82, 2.24) is 0 Å². The van der Waals surface area contributed by atoms with Gasteiger partial charge >= 0.3 is 5.97 Å². The SMILES string of the molecule is CC1(C)[C@@](C#N)(C=C(Cl)Cl)[C@]1(Cc1cccc(Oc2ccccc2)c1)C(=O)O. The van der Waals surface area contributed by atoms with Crippen LogP contribution in [-0.4, -0.2) is 11.1 Å². The summed E-state index contributed by atoms with van der Waals surface area (Å²) in [5, 5.41) is 19.9. The number of carboxylic acids is 1. The van der Waals surface area contributed by atoms with Crippen LogP contribution in [-0.2, 0) is 11.2 Å². The van der Waals surface area contributed by atoms with Crippen molar-refractivity contribution in [2.24, 2.45) is 16.2 Å². The van der Waals surface area contributed by atoms with E-state index >= 15 is 0 Å². The van der Waals surface area contributed by atoms with Gasteiger partial charge in [-0.3, -0.25) is 4.79 Å². The highest BCUT2D eigenvalue weighted by Gasteiger charge is 2.86. The Morgan fingerprint density at radius 3 is 2.36 bits per heavy atom. The van der Waals surface area contributed by atoms with Crippen LogP contribution in [0, 0.1) is 27.6 Å². The third-order valence-electron chi connectivity index (χ3n) is 5.88. The van der Waals surface area contributed by atoms with E-state index in [4.69, 9.17) is 27.9 Å². The van der Waals surface area contributed by atoms with E-state index in [0.717, 1.165) is 5.56 Å². The number of hydrogen-bond acceptors (Lipinski definition) is 3. The molecule has 144 valence electrons. The number of benzene rings is 2. The van der Waals surface area contributed by atoms with E-state index in [2.05, 4.69) is 6.07 Å². The normalized spacial score (nSPS) is 24.7. The first-order chi connectivity index (χ1) is 13.2. The summed E-state index contributed by atoms with van der Waals surface area (Å²) in [6, 6.07) is 18.7. The lowest BCUT2D eigenvalue weighted by Crippen LogP contribution is -2.26. The highest BCUT2D eigenvalue weighted by Crippen LogP contribution is 2.80. The molecule has 0 spiro atoms. The lowest BCUT2D eigenvalue weighted by atomic mass is 9.86. The standard InChI is InChI=1S/C22H19Cl2NO3/c1-20(2)21(14-25,13-18(23)24)22(20,19(26)27)12-15-7-6-10-17(11-15)28-16-8-4-3-5-9-16/h3-11,13H,12H2,1-2H3,(H,26,27)/t21-,22+/m0/s1. The molecule has 1 aliphatic rings. The van der Waals surface area contributed by atoms with Gasteiger partial charge in [-0.25, -0.2) is 0 Å². The Balaban J connectivity index is 1.97. The fourth-order valence-electron chi connectivity index (χ4n) is 4.26. The molecule has 1 N–H and O–H groups in total. The average Bonchev–Trinajstić information content (AvgIpc) is 3.05. The summed E-state index contributed by atoms with van der Waals surface area (Å²) in [5.41, 5.74) is -2.76. The van der Waals surface area contributed by atoms with Gasteiger partial charge in [0.25, 0.3) is 0 Å². The number of para-hydroxylation sites is 1. The maximum atomic E-state index is 12.3. The van der Waals surface area contributed by atoms with Crippen molar-refractivity contribution >= 4 is 29.2 Å². The molecule has 0 unspecified atom stereocenters. The number of carboxylic acid groups (broad SMARTS) is 1. The quantitative estimate of drug-likeness (QED) is 0.631. The van der Waals surface area contributed by atoms with Crippen molar-refractivity contribution < 1.29 is 14.6 Å². The minimum absolute atomic E-state index is 0.112. The molecule has 1 fully saturated rings. The van der Waals surface area contributed by atoms with Crippen molar-refractivity contribution in [3.8, 4) is 17.6 Å². The molecule has 2 atom stereocenters. The van der Waals surface area contributed by atoms with Gasteiger partial charge in [-0.1, -0.05) is 67.4 Å². The highest BCUT2D eigenvalue weighted by molar-refractivity contribution is 6.56. The molecule has 1 saturated carbocycles. The topological polar surface area (TPSA) is 70.3 Å². The van der Waals surface area contributed by atoms with Crippen molar-refractivity contribution in [3.05, 3.63) is 70.7 Å². The second kappa shape index (κ2) is 7.16. The number of nitrogens with zero attached hydrogens (tertiary/aromatic N) is 1. The lowest BCUT2D eigenvalue weighted by Gasteiger charge is -2.16. The van der Waals surface area contributed by atoms with E-state index in [-0.39, 0.29) is 10.9 Å². The minimum Gasteiger partial charge on any atom is -0.481 e. The number of nitriles is 1. The van der Waals surface area contributed by atoms with Crippen LogP contribution >= 0.6 is 23.2 Å². The van der Waals surface area contributed by atoms with Gasteiger partial charge in [-0.05, 0) is 42.3 Å². The molecule has 0 aromatic heterocycles. The summed E-state index contributed by atoms with van der Waals surface area (Å²) in [6.07, 6.45) is 1.50. The van der Waals surface area contributed by atoms with Gasteiger partial charge in [-0.15, -0.1) is 0 Å². The zero-order chi connectivity index (χ0) is 20.6. The molecule has 0 saturated heterocycles. The molecule has 0 amide bonds. The zero-order valence-corrected chi connectivity index (χ0v) is 17.0. The maximum absolute atomic E-state index is 12.3. The van der Waals surface area contributed by atoms with Crippen LogP contribution in [0.5, 0.6) is 11.5 Å². The summed E-state index contributed by atoms with van der Waals surface area (Å²) in [4.78, 5) is 12.3. The summed E-state index contributed by atoms with van der Waals surface area (Å²) >= 11 is 11.6. The summed E-state index contributed by atoms with van der Waals surface area (Å²) in [7, 11) is 0. The Labute approximate surface area is 174 Å². The Hall–Kier alpha value is -2.48. The molecule has 0 bridgehead atoms. The minimum atomic E-state index is -1.35. The Morgan fingerprint density at radius 2 is 1.79 bits per heavy atom. The Bertz CT molecular complexity index is 977. The van der Waals surface area contributed by atoms with Gasteiger partial charge in [0.2, 0.25) is 0 Å². The maximum Gasteiger partial charge on any atom is 0.312 e. The van der Waals surface area contributed by atoms with Gasteiger partial charge in [0.1, 0.15) is 26.8 Å². The first-order valence-electron chi connectivity index (χ1n) is 8.70. The van der Waals surface area contributed by atoms with Crippen LogP contribution < -0.4 is 4.74 Å². The number of ether oxygens (including phenoxy) is 1. The molecule has 2 aromatic rings. The molecule has 3 rings (SSSR count). The van der Waals surface area contributed by atoms with Crippen molar-refractivity contribution in [2.75, 3.05) is 0 Å². The number of aliphatic carboxylic acids is 1. The van der Waals surface area contributed by atoms with Crippen LogP contribution in [0.3, 0.4) is 0 Å². The smallest absolute Gasteiger partial charge is 0.312 e. The summed E-state index contributed by atoms with van der Waals surface area (Å²) in [5.74, 6) is 0.220. The predicted molar refractivity (Wildman–Crippen MR) is 108 cm³/mol. The van der Waals surface area contributed by atoms with Crippen molar-refractivity contribution in [1.29, 1.82) is 5.26 Å². The van der Waals surface area contributed by atoms with Gasteiger partial charge in [-0.2, -0.15) is 5.26 Å². The molecular formula is C22H19Cl2NO3. The van der Waals surface area contributed by atoms with Gasteiger partial charge in [0, 0.05) is 5.41 Å². The number of rotatable bonds is 6. The molecule has 2 aromatic carbocycles. The van der Waals surface area contributed by atoms with Crippen molar-refractivity contribution in [3.63, 3.8) is 0 Å². The van der Waals surface area contributed by atoms with Gasteiger partial charge in [0.15, 0.2) is 0 Å². The van der Waals surface area contributed by atoms with E-state index in [1.54, 1.807) is 32.0 Å². The van der Waals surface area contributed by atoms with E-state index < -0.39 is 22.2 Å². The second-order valence-electron chi connectivity index (χ2n) is 7.43. The average molecular weight is 416 g/mol. The third-order valence-corrected chi connectivity index (χ3v) is 6.10. The molecule has 0 radical (unpaired) electrons. The van der Waals surface area contributed by atoms with Gasteiger partial charge < -0.3 is 9.84 Å². The molecule has 4 nitrogen and oxygen atoms in total. The molecule has 6 heteroatoms. The van der Waals surface area contributed by atoms with E-state index in [1.807, 2.05) is 36.4 Å². The molecule has 28 heavy (non-hydrogen) atoms. The fourth-order valence-corrected chi connectivity index (χ4v) is 4.59.